The van der Waals surface area contributed by atoms with Gasteiger partial charge in [-0.15, -0.1) is 0 Å². The average molecular weight is 367 g/mol. The van der Waals surface area contributed by atoms with Crippen LogP contribution in [-0.2, 0) is 29.0 Å². The lowest BCUT2D eigenvalue weighted by Gasteiger charge is -2.25. The van der Waals surface area contributed by atoms with Gasteiger partial charge in [0, 0.05) is 11.6 Å². The Morgan fingerprint density at radius 3 is 2.67 bits per heavy atom. The summed E-state index contributed by atoms with van der Waals surface area (Å²) in [4.78, 5) is 23.8. The Hall–Kier alpha value is -2.63. The summed E-state index contributed by atoms with van der Waals surface area (Å²) < 4.78 is 2.00. The Bertz CT molecular complexity index is 844. The van der Waals surface area contributed by atoms with Gasteiger partial charge in [-0.05, 0) is 56.2 Å². The number of hydrogen-bond donors (Lipinski definition) is 2. The smallest absolute Gasteiger partial charge is 0.306 e. The molecule has 0 spiro atoms. The number of hydrogen-bond acceptors (Lipinski definition) is 3. The number of rotatable bonds is 5. The molecule has 2 atom stereocenters. The Kier molecular flexibility index (Phi) is 4.97. The molecule has 0 aliphatic heterocycles. The van der Waals surface area contributed by atoms with Crippen LogP contribution in [0.1, 0.15) is 49.1 Å². The van der Waals surface area contributed by atoms with Gasteiger partial charge in [0.15, 0.2) is 0 Å². The van der Waals surface area contributed by atoms with Gasteiger partial charge in [0.1, 0.15) is 0 Å². The molecule has 2 aromatic rings. The first-order chi connectivity index (χ1) is 13.1. The van der Waals surface area contributed by atoms with E-state index in [0.717, 1.165) is 43.5 Å². The minimum Gasteiger partial charge on any atom is -0.481 e. The van der Waals surface area contributed by atoms with E-state index in [9.17, 15) is 14.7 Å². The monoisotopic (exact) mass is 367 g/mol. The molecule has 142 valence electrons. The van der Waals surface area contributed by atoms with Crippen molar-refractivity contribution in [3.05, 3.63) is 47.3 Å². The third kappa shape index (κ3) is 3.61. The van der Waals surface area contributed by atoms with E-state index in [0.29, 0.717) is 19.4 Å². The summed E-state index contributed by atoms with van der Waals surface area (Å²) in [5.41, 5.74) is 4.48. The molecule has 1 heterocycles. The SMILES string of the molecule is O=C(O)C1CCCC(C(=O)NCc2nn(-c3ccccc3)c3c2CCC3)C1. The molecule has 2 unspecified atom stereocenters. The largest absolute Gasteiger partial charge is 0.481 e. The van der Waals surface area contributed by atoms with Crippen LogP contribution in [0.25, 0.3) is 5.69 Å². The lowest BCUT2D eigenvalue weighted by Crippen LogP contribution is -2.35. The van der Waals surface area contributed by atoms with E-state index in [-0.39, 0.29) is 11.8 Å². The van der Waals surface area contributed by atoms with Gasteiger partial charge in [-0.25, -0.2) is 4.68 Å². The van der Waals surface area contributed by atoms with Gasteiger partial charge in [-0.1, -0.05) is 24.6 Å². The van der Waals surface area contributed by atoms with Gasteiger partial charge >= 0.3 is 5.97 Å². The van der Waals surface area contributed by atoms with E-state index in [1.165, 1.54) is 11.3 Å². The Balaban J connectivity index is 1.46. The molecule has 0 radical (unpaired) electrons. The van der Waals surface area contributed by atoms with Crippen molar-refractivity contribution in [3.8, 4) is 5.69 Å². The molecule has 1 aromatic carbocycles. The first-order valence-electron chi connectivity index (χ1n) is 9.79. The quantitative estimate of drug-likeness (QED) is 0.851. The van der Waals surface area contributed by atoms with Gasteiger partial charge in [-0.2, -0.15) is 5.10 Å². The molecule has 2 aliphatic carbocycles. The fourth-order valence-corrected chi connectivity index (χ4v) is 4.41. The lowest BCUT2D eigenvalue weighted by atomic mass is 9.81. The van der Waals surface area contributed by atoms with Crippen LogP contribution in [0.5, 0.6) is 0 Å². The Morgan fingerprint density at radius 2 is 1.89 bits per heavy atom. The molecule has 4 rings (SSSR count). The molecule has 1 amide bonds. The molecule has 6 heteroatoms. The van der Waals surface area contributed by atoms with Crippen molar-refractivity contribution in [1.82, 2.24) is 15.1 Å². The molecular formula is C21H25N3O3. The molecular weight excluding hydrogens is 342 g/mol. The van der Waals surface area contributed by atoms with Gasteiger partial charge in [0.05, 0.1) is 23.8 Å². The molecule has 2 N–H and O–H groups in total. The number of fused-ring (bicyclic) bond motifs is 1. The van der Waals surface area contributed by atoms with E-state index in [4.69, 9.17) is 5.10 Å². The van der Waals surface area contributed by atoms with Crippen LogP contribution >= 0.6 is 0 Å². The van der Waals surface area contributed by atoms with Crippen molar-refractivity contribution in [2.24, 2.45) is 11.8 Å². The summed E-state index contributed by atoms with van der Waals surface area (Å²) in [6.07, 6.45) is 5.81. The summed E-state index contributed by atoms with van der Waals surface area (Å²) in [6.45, 7) is 0.412. The van der Waals surface area contributed by atoms with Crippen LogP contribution in [-0.4, -0.2) is 26.8 Å². The van der Waals surface area contributed by atoms with Crippen molar-refractivity contribution in [2.45, 2.75) is 51.5 Å². The standard InChI is InChI=1S/C21H25N3O3/c25-20(14-6-4-7-15(12-14)21(26)27)22-13-18-17-10-5-11-19(17)24(23-18)16-8-2-1-3-9-16/h1-3,8-9,14-15H,4-7,10-13H2,(H,22,25)(H,26,27). The topological polar surface area (TPSA) is 84.2 Å². The van der Waals surface area contributed by atoms with Crippen LogP contribution in [0.15, 0.2) is 30.3 Å². The third-order valence-electron chi connectivity index (χ3n) is 5.84. The van der Waals surface area contributed by atoms with Crippen molar-refractivity contribution >= 4 is 11.9 Å². The molecule has 1 aromatic heterocycles. The molecule has 0 saturated heterocycles. The first-order valence-corrected chi connectivity index (χ1v) is 9.79. The van der Waals surface area contributed by atoms with Crippen LogP contribution in [0, 0.1) is 11.8 Å². The highest BCUT2D eigenvalue weighted by Crippen LogP contribution is 2.30. The van der Waals surface area contributed by atoms with Gasteiger partial charge in [-0.3, -0.25) is 9.59 Å². The highest BCUT2D eigenvalue weighted by Gasteiger charge is 2.31. The van der Waals surface area contributed by atoms with Crippen molar-refractivity contribution in [2.75, 3.05) is 0 Å². The van der Waals surface area contributed by atoms with Gasteiger partial charge in [0.25, 0.3) is 0 Å². The maximum atomic E-state index is 12.6. The summed E-state index contributed by atoms with van der Waals surface area (Å²) in [5.74, 6) is -1.42. The fraction of sp³-hybridized carbons (Fsp3) is 0.476. The van der Waals surface area contributed by atoms with Crippen molar-refractivity contribution in [1.29, 1.82) is 0 Å². The number of para-hydroxylation sites is 1. The number of benzene rings is 1. The second kappa shape index (κ2) is 7.55. The van der Waals surface area contributed by atoms with Crippen molar-refractivity contribution in [3.63, 3.8) is 0 Å². The molecule has 0 bridgehead atoms. The van der Waals surface area contributed by atoms with E-state index in [2.05, 4.69) is 5.32 Å². The zero-order valence-corrected chi connectivity index (χ0v) is 15.4. The normalized spacial score (nSPS) is 21.6. The molecule has 1 saturated carbocycles. The maximum absolute atomic E-state index is 12.6. The van der Waals surface area contributed by atoms with Crippen LogP contribution in [0.2, 0.25) is 0 Å². The van der Waals surface area contributed by atoms with Crippen LogP contribution < -0.4 is 5.32 Å². The number of nitrogens with one attached hydrogen (secondary N) is 1. The molecule has 1 fully saturated rings. The number of carboxylic acids is 1. The molecule has 6 nitrogen and oxygen atoms in total. The maximum Gasteiger partial charge on any atom is 0.306 e. The number of aromatic nitrogens is 2. The minimum atomic E-state index is -0.785. The number of nitrogens with zero attached hydrogens (tertiary/aromatic N) is 2. The second-order valence-corrected chi connectivity index (χ2v) is 7.59. The van der Waals surface area contributed by atoms with E-state index >= 15 is 0 Å². The van der Waals surface area contributed by atoms with Crippen LogP contribution in [0.3, 0.4) is 0 Å². The first kappa shape index (κ1) is 17.8. The second-order valence-electron chi connectivity index (χ2n) is 7.59. The Labute approximate surface area is 158 Å². The summed E-state index contributed by atoms with van der Waals surface area (Å²) in [6, 6.07) is 10.1. The minimum absolute atomic E-state index is 0.0399. The summed E-state index contributed by atoms with van der Waals surface area (Å²) in [7, 11) is 0. The zero-order chi connectivity index (χ0) is 18.8. The number of amides is 1. The predicted octanol–water partition coefficient (Wildman–Crippen LogP) is 2.87. The number of carbonyl (C=O) groups is 2. The summed E-state index contributed by atoms with van der Waals surface area (Å²) >= 11 is 0. The third-order valence-corrected chi connectivity index (χ3v) is 5.84. The van der Waals surface area contributed by atoms with Gasteiger partial charge in [0.2, 0.25) is 5.91 Å². The zero-order valence-electron chi connectivity index (χ0n) is 15.4. The van der Waals surface area contributed by atoms with Gasteiger partial charge < -0.3 is 10.4 Å². The van der Waals surface area contributed by atoms with E-state index in [1.807, 2.05) is 35.0 Å². The molecule has 2 aliphatic rings. The highest BCUT2D eigenvalue weighted by atomic mass is 16.4. The summed E-state index contributed by atoms with van der Waals surface area (Å²) in [5, 5.41) is 17.0. The predicted molar refractivity (Wildman–Crippen MR) is 101 cm³/mol. The van der Waals surface area contributed by atoms with E-state index in [1.54, 1.807) is 0 Å². The number of aliphatic carboxylic acids is 1. The Morgan fingerprint density at radius 1 is 1.11 bits per heavy atom. The number of carbonyl (C=O) groups excluding carboxylic acids is 1. The van der Waals surface area contributed by atoms with Crippen molar-refractivity contribution < 1.29 is 14.7 Å². The molecule has 27 heavy (non-hydrogen) atoms. The fourth-order valence-electron chi connectivity index (χ4n) is 4.41. The average Bonchev–Trinajstić information content (AvgIpc) is 3.30. The lowest BCUT2D eigenvalue weighted by molar-refractivity contribution is -0.144. The van der Waals surface area contributed by atoms with E-state index < -0.39 is 11.9 Å². The number of carboxylic acid groups (broad SMARTS) is 1. The van der Waals surface area contributed by atoms with Crippen LogP contribution in [0.4, 0.5) is 0 Å². The highest BCUT2D eigenvalue weighted by molar-refractivity contribution is 5.80.